The lowest BCUT2D eigenvalue weighted by Gasteiger charge is -2.44. The Hall–Kier alpha value is -2.11. The number of allylic oxidation sites excluding steroid dienone is 3. The second-order valence-electron chi connectivity index (χ2n) is 10.6. The van der Waals surface area contributed by atoms with Crippen LogP contribution < -0.4 is 0 Å². The van der Waals surface area contributed by atoms with Gasteiger partial charge >= 0.3 is 17.9 Å². The van der Waals surface area contributed by atoms with Crippen molar-refractivity contribution in [1.82, 2.24) is 0 Å². The van der Waals surface area contributed by atoms with Gasteiger partial charge in [0, 0.05) is 39.0 Å². The van der Waals surface area contributed by atoms with E-state index in [1.807, 2.05) is 32.9 Å². The lowest BCUT2D eigenvalue weighted by Crippen LogP contribution is -2.48. The summed E-state index contributed by atoms with van der Waals surface area (Å²) in [5.41, 5.74) is -1.92. The molecule has 0 heterocycles. The molecule has 1 saturated carbocycles. The minimum atomic E-state index is -0.921. The molecule has 6 heteroatoms. The van der Waals surface area contributed by atoms with Crippen molar-refractivity contribution >= 4 is 17.9 Å². The molecular formula is C26H40O6. The van der Waals surface area contributed by atoms with E-state index in [2.05, 4.69) is 26.0 Å². The van der Waals surface area contributed by atoms with E-state index < -0.39 is 17.3 Å². The molecule has 0 N–H and O–H groups in total. The first-order valence-corrected chi connectivity index (χ1v) is 11.6. The van der Waals surface area contributed by atoms with Crippen LogP contribution in [0, 0.1) is 23.2 Å². The van der Waals surface area contributed by atoms with Crippen LogP contribution in [0.5, 0.6) is 0 Å². The van der Waals surface area contributed by atoms with Gasteiger partial charge in [0.1, 0.15) is 17.3 Å². The van der Waals surface area contributed by atoms with Crippen molar-refractivity contribution in [3.8, 4) is 0 Å². The van der Waals surface area contributed by atoms with Gasteiger partial charge in [0.25, 0.3) is 0 Å². The molecule has 0 amide bonds. The summed E-state index contributed by atoms with van der Waals surface area (Å²) in [6, 6.07) is 0. The van der Waals surface area contributed by atoms with Crippen LogP contribution in [0.3, 0.4) is 0 Å². The molecule has 0 aromatic heterocycles. The molecule has 0 saturated heterocycles. The van der Waals surface area contributed by atoms with Crippen LogP contribution in [-0.2, 0) is 28.6 Å². The van der Waals surface area contributed by atoms with Gasteiger partial charge in [-0.25, -0.2) is 0 Å². The van der Waals surface area contributed by atoms with Crippen molar-refractivity contribution in [3.63, 3.8) is 0 Å². The van der Waals surface area contributed by atoms with E-state index in [-0.39, 0.29) is 35.2 Å². The Morgan fingerprint density at radius 2 is 1.66 bits per heavy atom. The molecule has 2 aliphatic rings. The fourth-order valence-electron chi connectivity index (χ4n) is 5.70. The number of carbonyl (C=O) groups is 3. The van der Waals surface area contributed by atoms with Gasteiger partial charge in [-0.3, -0.25) is 14.4 Å². The predicted molar refractivity (Wildman–Crippen MR) is 123 cm³/mol. The largest absolute Gasteiger partial charge is 0.462 e. The quantitative estimate of drug-likeness (QED) is 0.336. The van der Waals surface area contributed by atoms with Crippen molar-refractivity contribution in [2.75, 3.05) is 0 Å². The molecule has 0 aliphatic heterocycles. The maximum Gasteiger partial charge on any atom is 0.303 e. The minimum absolute atomic E-state index is 0.0352. The molecule has 0 unspecified atom stereocenters. The summed E-state index contributed by atoms with van der Waals surface area (Å²) in [6.07, 6.45) is 10.8. The van der Waals surface area contributed by atoms with E-state index in [4.69, 9.17) is 14.2 Å². The molecule has 2 aliphatic carbocycles. The van der Waals surface area contributed by atoms with Crippen LogP contribution in [-0.4, -0.2) is 35.2 Å². The summed E-state index contributed by atoms with van der Waals surface area (Å²) >= 11 is 0. The lowest BCUT2D eigenvalue weighted by molar-refractivity contribution is -0.174. The van der Waals surface area contributed by atoms with E-state index in [1.54, 1.807) is 0 Å². The molecular weight excluding hydrogens is 408 g/mol. The molecule has 180 valence electrons. The smallest absolute Gasteiger partial charge is 0.303 e. The highest BCUT2D eigenvalue weighted by Gasteiger charge is 2.55. The topological polar surface area (TPSA) is 78.9 Å². The van der Waals surface area contributed by atoms with Gasteiger partial charge in [0.05, 0.1) is 0 Å². The third kappa shape index (κ3) is 6.46. The first-order valence-electron chi connectivity index (χ1n) is 11.6. The Labute approximate surface area is 192 Å². The van der Waals surface area contributed by atoms with Crippen molar-refractivity contribution in [1.29, 1.82) is 0 Å². The van der Waals surface area contributed by atoms with E-state index in [0.29, 0.717) is 12.3 Å². The highest BCUT2D eigenvalue weighted by molar-refractivity contribution is 5.67. The van der Waals surface area contributed by atoms with Gasteiger partial charge in [-0.2, -0.15) is 0 Å². The van der Waals surface area contributed by atoms with Crippen molar-refractivity contribution in [2.24, 2.45) is 23.2 Å². The summed E-state index contributed by atoms with van der Waals surface area (Å²) in [6.45, 7) is 14.3. The first kappa shape index (κ1) is 26.1. The predicted octanol–water partition coefficient (Wildman–Crippen LogP) is 5.16. The van der Waals surface area contributed by atoms with Gasteiger partial charge in [-0.15, -0.1) is 0 Å². The van der Waals surface area contributed by atoms with E-state index in [0.717, 1.165) is 19.3 Å². The maximum absolute atomic E-state index is 12.2. The Morgan fingerprint density at radius 3 is 2.22 bits per heavy atom. The van der Waals surface area contributed by atoms with Crippen molar-refractivity contribution in [3.05, 3.63) is 24.3 Å². The molecule has 32 heavy (non-hydrogen) atoms. The Kier molecular flexibility index (Phi) is 8.01. The van der Waals surface area contributed by atoms with E-state index >= 15 is 0 Å². The zero-order chi connectivity index (χ0) is 24.3. The van der Waals surface area contributed by atoms with Crippen LogP contribution in [0.25, 0.3) is 0 Å². The first-order chi connectivity index (χ1) is 14.7. The molecule has 0 spiro atoms. The summed E-state index contributed by atoms with van der Waals surface area (Å²) < 4.78 is 17.4. The second kappa shape index (κ2) is 9.80. The molecule has 0 radical (unpaired) electrons. The zero-order valence-electron chi connectivity index (χ0n) is 20.9. The van der Waals surface area contributed by atoms with E-state index in [1.165, 1.54) is 20.8 Å². The lowest BCUT2D eigenvalue weighted by atomic mass is 9.67. The van der Waals surface area contributed by atoms with Crippen LogP contribution in [0.2, 0.25) is 0 Å². The Balaban J connectivity index is 2.63. The number of ether oxygens (including phenoxy) is 3. The van der Waals surface area contributed by atoms with Gasteiger partial charge in [0.15, 0.2) is 0 Å². The normalized spacial score (nSPS) is 37.4. The molecule has 2 rings (SSSR count). The zero-order valence-corrected chi connectivity index (χ0v) is 20.9. The maximum atomic E-state index is 12.2. The summed E-state index contributed by atoms with van der Waals surface area (Å²) in [5.74, 6) is -0.949. The number of hydrogen-bond donors (Lipinski definition) is 0. The fourth-order valence-corrected chi connectivity index (χ4v) is 5.70. The molecule has 6 atom stereocenters. The molecule has 0 aromatic rings. The third-order valence-corrected chi connectivity index (χ3v) is 6.97. The third-order valence-electron chi connectivity index (χ3n) is 6.97. The van der Waals surface area contributed by atoms with Gasteiger partial charge in [-0.05, 0) is 57.4 Å². The summed E-state index contributed by atoms with van der Waals surface area (Å²) in [5, 5.41) is 0. The molecule has 6 nitrogen and oxygen atoms in total. The molecule has 0 bridgehead atoms. The summed E-state index contributed by atoms with van der Waals surface area (Å²) in [7, 11) is 0. The highest BCUT2D eigenvalue weighted by Crippen LogP contribution is 2.55. The number of rotatable bonds is 4. The van der Waals surface area contributed by atoms with Crippen LogP contribution in [0.4, 0.5) is 0 Å². The Morgan fingerprint density at radius 1 is 1.00 bits per heavy atom. The average Bonchev–Trinajstić information content (AvgIpc) is 2.95. The second-order valence-corrected chi connectivity index (χ2v) is 10.6. The number of carbonyl (C=O) groups excluding carboxylic acids is 3. The monoisotopic (exact) mass is 448 g/mol. The van der Waals surface area contributed by atoms with Crippen molar-refractivity contribution < 1.29 is 28.6 Å². The van der Waals surface area contributed by atoms with Crippen LogP contribution in [0.1, 0.15) is 81.1 Å². The highest BCUT2D eigenvalue weighted by atomic mass is 16.6. The van der Waals surface area contributed by atoms with Gasteiger partial charge in [-0.1, -0.05) is 32.1 Å². The molecule has 0 aromatic carbocycles. The Bertz CT molecular complexity index is 781. The fraction of sp³-hybridized carbons (Fsp3) is 0.731. The average molecular weight is 449 g/mol. The molecule has 1 fully saturated rings. The SMILES string of the molecule is CC(=O)O[C@H]1C[C@](C)(OC(C)=O)/C=C/C[C@H](C)/C=C/[C@@]2(C)CC[C@@H](C(C)(C)OC(C)=O)[C@H]12. The summed E-state index contributed by atoms with van der Waals surface area (Å²) in [4.78, 5) is 36.0. The van der Waals surface area contributed by atoms with Crippen molar-refractivity contribution in [2.45, 2.75) is 98.4 Å². The number of esters is 3. The van der Waals surface area contributed by atoms with Gasteiger partial charge < -0.3 is 14.2 Å². The van der Waals surface area contributed by atoms with Crippen LogP contribution >= 0.6 is 0 Å². The number of fused-ring (bicyclic) bond motifs is 1. The van der Waals surface area contributed by atoms with Gasteiger partial charge in [0.2, 0.25) is 0 Å². The van der Waals surface area contributed by atoms with E-state index in [9.17, 15) is 14.4 Å². The standard InChI is InChI=1S/C26H40O6/c1-17-10-9-13-26(8,32-20(4)29)16-22(30-18(2)27)23-21(24(5,6)31-19(3)28)12-15-25(23,7)14-11-17/h9,11,13-14,17,21-23H,10,12,15-16H2,1-8H3/b13-9+,14-11+/t17-,21+,22-,23+,25-,26+/m0/s1. The van der Waals surface area contributed by atoms with Crippen LogP contribution in [0.15, 0.2) is 24.3 Å². The minimum Gasteiger partial charge on any atom is -0.462 e. The number of hydrogen-bond acceptors (Lipinski definition) is 6.